The zero-order chi connectivity index (χ0) is 20.1. The Morgan fingerprint density at radius 2 is 1.80 bits per heavy atom. The first kappa shape index (κ1) is 23.5. The second-order valence-electron chi connectivity index (χ2n) is 7.91. The normalized spacial score (nSPS) is 13.9. The fourth-order valence-electron chi connectivity index (χ4n) is 2.56. The summed E-state index contributed by atoms with van der Waals surface area (Å²) in [6.45, 7) is 11.3. The SMILES string of the molecule is C=C(C)C(=O)NC(C)C[N+](C)(C)CCC(=O)NC(C)(C)CS(=O)(=O)O. The Hall–Kier alpha value is -1.45. The van der Waals surface area contributed by atoms with Crippen LogP contribution in [0.2, 0.25) is 0 Å². The molecule has 3 N–H and O–H groups in total. The summed E-state index contributed by atoms with van der Waals surface area (Å²) in [5, 5.41) is 5.45. The first-order valence-corrected chi connectivity index (χ1v) is 9.68. The Kier molecular flexibility index (Phi) is 8.26. The zero-order valence-corrected chi connectivity index (χ0v) is 16.9. The second-order valence-corrected chi connectivity index (χ2v) is 9.36. The van der Waals surface area contributed by atoms with Gasteiger partial charge in [0.2, 0.25) is 11.8 Å². The van der Waals surface area contributed by atoms with Gasteiger partial charge >= 0.3 is 0 Å². The predicted octanol–water partition coefficient (Wildman–Crippen LogP) is 0.316. The van der Waals surface area contributed by atoms with Gasteiger partial charge in [0, 0.05) is 5.57 Å². The van der Waals surface area contributed by atoms with Crippen molar-refractivity contribution in [2.24, 2.45) is 0 Å². The minimum Gasteiger partial charge on any atom is -0.350 e. The number of rotatable bonds is 10. The number of likely N-dealkylation sites (N-methyl/N-ethyl adjacent to an activating group) is 1. The van der Waals surface area contributed by atoms with E-state index < -0.39 is 21.4 Å². The molecule has 2 amide bonds. The van der Waals surface area contributed by atoms with E-state index in [0.717, 1.165) is 0 Å². The van der Waals surface area contributed by atoms with Gasteiger partial charge in [0.05, 0.1) is 50.9 Å². The summed E-state index contributed by atoms with van der Waals surface area (Å²) in [6.07, 6.45) is 0.197. The zero-order valence-electron chi connectivity index (χ0n) is 16.0. The number of quaternary nitrogens is 1. The maximum absolute atomic E-state index is 12.1. The number of carbonyl (C=O) groups excluding carboxylic acids is 2. The molecule has 0 aromatic carbocycles. The van der Waals surface area contributed by atoms with Crippen molar-refractivity contribution in [2.75, 3.05) is 32.9 Å². The van der Waals surface area contributed by atoms with E-state index in [4.69, 9.17) is 4.55 Å². The number of amides is 2. The lowest BCUT2D eigenvalue weighted by molar-refractivity contribution is -0.890. The quantitative estimate of drug-likeness (QED) is 0.288. The third-order valence-electron chi connectivity index (χ3n) is 3.50. The van der Waals surface area contributed by atoms with Gasteiger partial charge in [-0.2, -0.15) is 8.42 Å². The van der Waals surface area contributed by atoms with Crippen LogP contribution in [-0.2, 0) is 19.7 Å². The van der Waals surface area contributed by atoms with Crippen molar-refractivity contribution in [1.82, 2.24) is 10.6 Å². The highest BCUT2D eigenvalue weighted by atomic mass is 32.2. The molecule has 0 aliphatic rings. The van der Waals surface area contributed by atoms with Gasteiger partial charge < -0.3 is 15.1 Å². The summed E-state index contributed by atoms with van der Waals surface area (Å²) in [6, 6.07) is -0.0850. The lowest BCUT2D eigenvalue weighted by Gasteiger charge is -2.33. The molecule has 9 heteroatoms. The van der Waals surface area contributed by atoms with E-state index in [1.807, 2.05) is 21.0 Å². The molecule has 0 saturated carbocycles. The average molecular weight is 379 g/mol. The van der Waals surface area contributed by atoms with Gasteiger partial charge in [-0.05, 0) is 27.7 Å². The summed E-state index contributed by atoms with van der Waals surface area (Å²) in [5.74, 6) is -1.04. The summed E-state index contributed by atoms with van der Waals surface area (Å²) >= 11 is 0. The maximum Gasteiger partial charge on any atom is 0.267 e. The van der Waals surface area contributed by atoms with Crippen LogP contribution >= 0.6 is 0 Å². The molecule has 0 spiro atoms. The Morgan fingerprint density at radius 1 is 1.28 bits per heavy atom. The molecule has 8 nitrogen and oxygen atoms in total. The average Bonchev–Trinajstić information content (AvgIpc) is 2.31. The minimum atomic E-state index is -4.17. The van der Waals surface area contributed by atoms with Gasteiger partial charge in [0.15, 0.2) is 0 Å². The number of nitrogens with one attached hydrogen (secondary N) is 2. The smallest absolute Gasteiger partial charge is 0.267 e. The van der Waals surface area contributed by atoms with E-state index in [1.165, 1.54) is 13.8 Å². The Bertz CT molecular complexity index is 611. The molecule has 0 radical (unpaired) electrons. The van der Waals surface area contributed by atoms with E-state index in [0.29, 0.717) is 23.1 Å². The van der Waals surface area contributed by atoms with E-state index in [2.05, 4.69) is 17.2 Å². The lowest BCUT2D eigenvalue weighted by Crippen LogP contribution is -2.53. The molecule has 25 heavy (non-hydrogen) atoms. The molecule has 1 atom stereocenters. The molecule has 0 aliphatic heterocycles. The fraction of sp³-hybridized carbons (Fsp3) is 0.750. The first-order chi connectivity index (χ1) is 11.0. The van der Waals surface area contributed by atoms with Crippen LogP contribution in [-0.4, -0.2) is 73.8 Å². The molecule has 0 fully saturated rings. The monoisotopic (exact) mass is 378 g/mol. The highest BCUT2D eigenvalue weighted by molar-refractivity contribution is 7.85. The molecule has 1 unspecified atom stereocenters. The highest BCUT2D eigenvalue weighted by Gasteiger charge is 2.28. The van der Waals surface area contributed by atoms with Gasteiger partial charge in [0.25, 0.3) is 10.1 Å². The number of hydrogen-bond donors (Lipinski definition) is 3. The summed E-state index contributed by atoms with van der Waals surface area (Å²) in [7, 11) is -0.282. The van der Waals surface area contributed by atoms with Gasteiger partial charge in [-0.1, -0.05) is 6.58 Å². The Morgan fingerprint density at radius 3 is 2.24 bits per heavy atom. The van der Waals surface area contributed by atoms with Gasteiger partial charge in [-0.25, -0.2) is 0 Å². The van der Waals surface area contributed by atoms with Crippen molar-refractivity contribution in [1.29, 1.82) is 0 Å². The molecule has 0 heterocycles. The van der Waals surface area contributed by atoms with Crippen molar-refractivity contribution >= 4 is 21.9 Å². The molecule has 0 aromatic rings. The van der Waals surface area contributed by atoms with Crippen molar-refractivity contribution in [3.63, 3.8) is 0 Å². The van der Waals surface area contributed by atoms with E-state index >= 15 is 0 Å². The van der Waals surface area contributed by atoms with Crippen molar-refractivity contribution in [2.45, 2.75) is 45.7 Å². The third kappa shape index (κ3) is 11.7. The maximum atomic E-state index is 12.1. The Labute approximate surface area is 151 Å². The van der Waals surface area contributed by atoms with E-state index in [-0.39, 0.29) is 24.3 Å². The third-order valence-corrected chi connectivity index (χ3v) is 4.58. The Balaban J connectivity index is 4.50. The van der Waals surface area contributed by atoms with Crippen LogP contribution in [0.4, 0.5) is 0 Å². The largest absolute Gasteiger partial charge is 0.350 e. The van der Waals surface area contributed by atoms with Crippen LogP contribution in [0.5, 0.6) is 0 Å². The summed E-state index contributed by atoms with van der Waals surface area (Å²) < 4.78 is 31.3. The predicted molar refractivity (Wildman–Crippen MR) is 97.5 cm³/mol. The molecular weight excluding hydrogens is 346 g/mol. The number of nitrogens with zero attached hydrogens (tertiary/aromatic N) is 1. The highest BCUT2D eigenvalue weighted by Crippen LogP contribution is 2.08. The van der Waals surface area contributed by atoms with Gasteiger partial charge in [-0.3, -0.25) is 14.1 Å². The molecule has 0 bridgehead atoms. The topological polar surface area (TPSA) is 113 Å². The molecular formula is C16H32N3O5S+. The molecule has 146 valence electrons. The van der Waals surface area contributed by atoms with Crippen LogP contribution in [0.25, 0.3) is 0 Å². The number of carbonyl (C=O) groups is 2. The molecule has 0 saturated heterocycles. The van der Waals surface area contributed by atoms with Gasteiger partial charge in [-0.15, -0.1) is 0 Å². The van der Waals surface area contributed by atoms with Crippen LogP contribution in [0.1, 0.15) is 34.1 Å². The van der Waals surface area contributed by atoms with Crippen LogP contribution < -0.4 is 10.6 Å². The molecule has 0 aliphatic carbocycles. The van der Waals surface area contributed by atoms with Crippen LogP contribution in [0.15, 0.2) is 12.2 Å². The van der Waals surface area contributed by atoms with Crippen LogP contribution in [0.3, 0.4) is 0 Å². The van der Waals surface area contributed by atoms with Crippen molar-refractivity contribution in [3.05, 3.63) is 12.2 Å². The van der Waals surface area contributed by atoms with Gasteiger partial charge in [0.1, 0.15) is 0 Å². The van der Waals surface area contributed by atoms with E-state index in [1.54, 1.807) is 6.92 Å². The van der Waals surface area contributed by atoms with Crippen LogP contribution in [0, 0.1) is 0 Å². The minimum absolute atomic E-state index is 0.0850. The standard InChI is InChI=1S/C16H31N3O5S/c1-12(2)15(21)17-13(3)10-19(6,7)9-8-14(20)18-16(4,5)11-25(22,23)24/h13H,1,8-11H2,2-7H3,(H2-,17,18,20,21,22,23,24)/p+1. The van der Waals surface area contributed by atoms with Crippen molar-refractivity contribution in [3.8, 4) is 0 Å². The lowest BCUT2D eigenvalue weighted by atomic mass is 10.1. The number of hydrogen-bond acceptors (Lipinski definition) is 4. The fourth-order valence-corrected chi connectivity index (χ4v) is 3.55. The summed E-state index contributed by atoms with van der Waals surface area (Å²) in [5.41, 5.74) is -0.609. The first-order valence-electron chi connectivity index (χ1n) is 8.07. The summed E-state index contributed by atoms with van der Waals surface area (Å²) in [4.78, 5) is 23.7. The second kappa shape index (κ2) is 8.77. The van der Waals surface area contributed by atoms with E-state index in [9.17, 15) is 18.0 Å². The molecule has 0 aromatic heterocycles. The van der Waals surface area contributed by atoms with Crippen molar-refractivity contribution < 1.29 is 27.0 Å². The molecule has 0 rings (SSSR count).